The summed E-state index contributed by atoms with van der Waals surface area (Å²) >= 11 is 0. The van der Waals surface area contributed by atoms with Gasteiger partial charge in [0.15, 0.2) is 17.5 Å². The second kappa shape index (κ2) is 8.79. The summed E-state index contributed by atoms with van der Waals surface area (Å²) in [6.45, 7) is 0.423. The Kier molecular flexibility index (Phi) is 6.45. The molecule has 2 aromatic carbocycles. The Morgan fingerprint density at radius 3 is 2.38 bits per heavy atom. The van der Waals surface area contributed by atoms with Gasteiger partial charge >= 0.3 is 0 Å². The first-order chi connectivity index (χ1) is 11.7. The van der Waals surface area contributed by atoms with Crippen molar-refractivity contribution in [2.24, 2.45) is 10.7 Å². The number of ether oxygens (including phenoxy) is 3. The molecule has 0 amide bonds. The van der Waals surface area contributed by atoms with Crippen LogP contribution in [0.25, 0.3) is 0 Å². The van der Waals surface area contributed by atoms with Crippen molar-refractivity contribution in [2.45, 2.75) is 6.10 Å². The number of rotatable bonds is 7. The summed E-state index contributed by atoms with van der Waals surface area (Å²) in [6.07, 6.45) is -0.142. The zero-order valence-electron chi connectivity index (χ0n) is 14.2. The average Bonchev–Trinajstić information content (AvgIpc) is 2.63. The van der Waals surface area contributed by atoms with Crippen LogP contribution in [0.15, 0.2) is 53.5 Å². The van der Waals surface area contributed by atoms with Crippen molar-refractivity contribution >= 4 is 11.6 Å². The van der Waals surface area contributed by atoms with Crippen LogP contribution in [0.2, 0.25) is 0 Å². The number of hydrogen-bond donors (Lipinski definition) is 2. The second-order valence-electron chi connectivity index (χ2n) is 5.06. The minimum atomic E-state index is -0.142. The van der Waals surface area contributed by atoms with Gasteiger partial charge in [0.25, 0.3) is 0 Å². The van der Waals surface area contributed by atoms with Gasteiger partial charge in [-0.2, -0.15) is 0 Å². The smallest absolute Gasteiger partial charge is 0.193 e. The van der Waals surface area contributed by atoms with Gasteiger partial charge in [-0.25, -0.2) is 0 Å². The Labute approximate surface area is 142 Å². The maximum absolute atomic E-state index is 5.96. The lowest BCUT2D eigenvalue weighted by Crippen LogP contribution is -2.24. The van der Waals surface area contributed by atoms with Crippen LogP contribution >= 0.6 is 0 Å². The second-order valence-corrected chi connectivity index (χ2v) is 5.06. The number of nitrogens with one attached hydrogen (secondary N) is 1. The van der Waals surface area contributed by atoms with Crippen molar-refractivity contribution in [1.82, 2.24) is 0 Å². The molecule has 0 saturated heterocycles. The van der Waals surface area contributed by atoms with Crippen LogP contribution in [0, 0.1) is 0 Å². The Morgan fingerprint density at radius 1 is 1.04 bits per heavy atom. The third kappa shape index (κ3) is 4.63. The van der Waals surface area contributed by atoms with Gasteiger partial charge in [0.1, 0.15) is 6.10 Å². The van der Waals surface area contributed by atoms with Gasteiger partial charge in [-0.05, 0) is 17.7 Å². The Balaban J connectivity index is 2.03. The van der Waals surface area contributed by atoms with Crippen LogP contribution in [-0.2, 0) is 4.74 Å². The molecule has 1 unspecified atom stereocenters. The first kappa shape index (κ1) is 17.6. The van der Waals surface area contributed by atoms with E-state index in [1.165, 1.54) is 0 Å². The van der Waals surface area contributed by atoms with E-state index in [1.54, 1.807) is 33.5 Å². The molecule has 3 N–H and O–H groups in total. The highest BCUT2D eigenvalue weighted by molar-refractivity contribution is 5.92. The predicted molar refractivity (Wildman–Crippen MR) is 95.9 cm³/mol. The molecule has 2 aromatic rings. The number of nitrogens with two attached hydrogens (primary N) is 1. The van der Waals surface area contributed by atoms with E-state index in [9.17, 15) is 0 Å². The molecule has 24 heavy (non-hydrogen) atoms. The van der Waals surface area contributed by atoms with E-state index < -0.39 is 0 Å². The SMILES string of the molecule is COc1ccc(NC(N)=NCC(OC)c2ccccc2)cc1OC. The number of nitrogens with zero attached hydrogens (tertiary/aromatic N) is 1. The molecule has 0 saturated carbocycles. The lowest BCUT2D eigenvalue weighted by Gasteiger charge is -2.14. The van der Waals surface area contributed by atoms with Crippen molar-refractivity contribution in [3.63, 3.8) is 0 Å². The molecule has 6 nitrogen and oxygen atoms in total. The maximum atomic E-state index is 5.96. The summed E-state index contributed by atoms with van der Waals surface area (Å²) in [5.41, 5.74) is 7.78. The molecule has 0 aliphatic heterocycles. The Morgan fingerprint density at radius 2 is 1.75 bits per heavy atom. The average molecular weight is 329 g/mol. The fourth-order valence-electron chi connectivity index (χ4n) is 2.27. The summed E-state index contributed by atoms with van der Waals surface area (Å²) in [5.74, 6) is 1.58. The van der Waals surface area contributed by atoms with E-state index in [1.807, 2.05) is 36.4 Å². The largest absolute Gasteiger partial charge is 0.493 e. The van der Waals surface area contributed by atoms with Crippen LogP contribution in [0.3, 0.4) is 0 Å². The standard InChI is InChI=1S/C18H23N3O3/c1-22-15-10-9-14(11-16(15)23-2)21-18(19)20-12-17(24-3)13-7-5-4-6-8-13/h4-11,17H,12H2,1-3H3,(H3,19,20,21). The molecular weight excluding hydrogens is 306 g/mol. The lowest BCUT2D eigenvalue weighted by molar-refractivity contribution is 0.111. The first-order valence-corrected chi connectivity index (χ1v) is 7.54. The topological polar surface area (TPSA) is 78.1 Å². The number of guanidine groups is 1. The highest BCUT2D eigenvalue weighted by Gasteiger charge is 2.10. The molecular formula is C18H23N3O3. The molecule has 0 spiro atoms. The van der Waals surface area contributed by atoms with Crippen molar-refractivity contribution in [3.8, 4) is 11.5 Å². The van der Waals surface area contributed by atoms with Crippen LogP contribution in [0.4, 0.5) is 5.69 Å². The van der Waals surface area contributed by atoms with Crippen LogP contribution in [-0.4, -0.2) is 33.8 Å². The van der Waals surface area contributed by atoms with Gasteiger partial charge in [0, 0.05) is 18.9 Å². The highest BCUT2D eigenvalue weighted by atomic mass is 16.5. The summed E-state index contributed by atoms with van der Waals surface area (Å²) in [6, 6.07) is 15.3. The lowest BCUT2D eigenvalue weighted by atomic mass is 10.1. The van der Waals surface area contributed by atoms with Crippen LogP contribution in [0.5, 0.6) is 11.5 Å². The predicted octanol–water partition coefficient (Wildman–Crippen LogP) is 2.82. The zero-order valence-corrected chi connectivity index (χ0v) is 14.2. The number of aliphatic imine (C=N–C) groups is 1. The molecule has 128 valence electrons. The number of anilines is 1. The maximum Gasteiger partial charge on any atom is 0.193 e. The van der Waals surface area contributed by atoms with Gasteiger partial charge in [-0.15, -0.1) is 0 Å². The normalized spacial score (nSPS) is 12.5. The third-order valence-electron chi connectivity index (χ3n) is 3.54. The number of methoxy groups -OCH3 is 3. The van der Waals surface area contributed by atoms with E-state index in [2.05, 4.69) is 10.3 Å². The van der Waals surface area contributed by atoms with Crippen molar-refractivity contribution in [2.75, 3.05) is 33.2 Å². The highest BCUT2D eigenvalue weighted by Crippen LogP contribution is 2.29. The molecule has 0 radical (unpaired) electrons. The number of hydrogen-bond acceptors (Lipinski definition) is 4. The van der Waals surface area contributed by atoms with Crippen LogP contribution in [0.1, 0.15) is 11.7 Å². The van der Waals surface area contributed by atoms with Crippen molar-refractivity contribution in [3.05, 3.63) is 54.1 Å². The molecule has 1 atom stereocenters. The molecule has 0 bridgehead atoms. The molecule has 0 aliphatic carbocycles. The molecule has 0 aliphatic rings. The van der Waals surface area contributed by atoms with Gasteiger partial charge in [-0.1, -0.05) is 30.3 Å². The van der Waals surface area contributed by atoms with Gasteiger partial charge in [-0.3, -0.25) is 4.99 Å². The molecule has 6 heteroatoms. The fraction of sp³-hybridized carbons (Fsp3) is 0.278. The monoisotopic (exact) mass is 329 g/mol. The van der Waals surface area contributed by atoms with E-state index in [0.29, 0.717) is 24.0 Å². The van der Waals surface area contributed by atoms with E-state index in [0.717, 1.165) is 11.3 Å². The zero-order chi connectivity index (χ0) is 17.4. The summed E-state index contributed by atoms with van der Waals surface area (Å²) < 4.78 is 16.0. The van der Waals surface area contributed by atoms with Gasteiger partial charge in [0.05, 0.1) is 20.8 Å². The molecule has 2 rings (SSSR count). The van der Waals surface area contributed by atoms with E-state index in [4.69, 9.17) is 19.9 Å². The van der Waals surface area contributed by atoms with E-state index in [-0.39, 0.29) is 6.10 Å². The van der Waals surface area contributed by atoms with Crippen molar-refractivity contribution < 1.29 is 14.2 Å². The molecule has 0 fully saturated rings. The van der Waals surface area contributed by atoms with Crippen LogP contribution < -0.4 is 20.5 Å². The fourth-order valence-corrected chi connectivity index (χ4v) is 2.27. The number of benzene rings is 2. The quantitative estimate of drug-likeness (QED) is 0.603. The van der Waals surface area contributed by atoms with E-state index >= 15 is 0 Å². The Bertz CT molecular complexity index is 674. The Hall–Kier alpha value is -2.73. The minimum Gasteiger partial charge on any atom is -0.493 e. The minimum absolute atomic E-state index is 0.142. The summed E-state index contributed by atoms with van der Waals surface area (Å²) in [5, 5.41) is 3.04. The van der Waals surface area contributed by atoms with Gasteiger partial charge in [0.2, 0.25) is 0 Å². The summed E-state index contributed by atoms with van der Waals surface area (Å²) in [7, 11) is 4.84. The third-order valence-corrected chi connectivity index (χ3v) is 3.54. The van der Waals surface area contributed by atoms with Crippen molar-refractivity contribution in [1.29, 1.82) is 0 Å². The summed E-state index contributed by atoms with van der Waals surface area (Å²) in [4.78, 5) is 4.35. The van der Waals surface area contributed by atoms with Gasteiger partial charge < -0.3 is 25.3 Å². The first-order valence-electron chi connectivity index (χ1n) is 7.54. The molecule has 0 heterocycles. The molecule has 0 aromatic heterocycles.